The topological polar surface area (TPSA) is 129 Å². The zero-order valence-electron chi connectivity index (χ0n) is 18.5. The third-order valence-corrected chi connectivity index (χ3v) is 5.51. The van der Waals surface area contributed by atoms with E-state index in [2.05, 4.69) is 31.7 Å². The van der Waals surface area contributed by atoms with Crippen molar-refractivity contribution in [1.29, 1.82) is 0 Å². The van der Waals surface area contributed by atoms with Gasteiger partial charge in [-0.15, -0.1) is 0 Å². The lowest BCUT2D eigenvalue weighted by molar-refractivity contribution is -0.138. The van der Waals surface area contributed by atoms with Gasteiger partial charge < -0.3 is 21.5 Å². The number of carbonyl (C=O) groups is 1. The molecule has 3 heterocycles. The van der Waals surface area contributed by atoms with Crippen LogP contribution in [0.4, 0.5) is 26.2 Å². The maximum Gasteiger partial charge on any atom is 0.326 e. The van der Waals surface area contributed by atoms with Gasteiger partial charge in [0.15, 0.2) is 0 Å². The van der Waals surface area contributed by atoms with Crippen LogP contribution in [0.2, 0.25) is 0 Å². The van der Waals surface area contributed by atoms with Crippen LogP contribution in [0.1, 0.15) is 36.9 Å². The second kappa shape index (κ2) is 12.2. The van der Waals surface area contributed by atoms with Crippen LogP contribution >= 0.6 is 0 Å². The van der Waals surface area contributed by atoms with Crippen LogP contribution < -0.4 is 16.4 Å². The molecule has 0 saturated heterocycles. The summed E-state index contributed by atoms with van der Waals surface area (Å²) in [6, 6.07) is 3.14. The fraction of sp³-hybridized carbons (Fsp3) is 0.545. The smallest absolute Gasteiger partial charge is 0.326 e. The summed E-state index contributed by atoms with van der Waals surface area (Å²) >= 11 is 0. The number of aryl methyl sites for hydroxylation is 2. The van der Waals surface area contributed by atoms with Crippen LogP contribution in [0, 0.1) is 0 Å². The third-order valence-electron chi connectivity index (χ3n) is 5.51. The predicted octanol–water partition coefficient (Wildman–Crippen LogP) is 2.66. The van der Waals surface area contributed by atoms with Crippen molar-refractivity contribution in [3.8, 4) is 0 Å². The van der Waals surface area contributed by atoms with Gasteiger partial charge in [-0.25, -0.2) is 28.5 Å². The average Bonchev–Trinajstić information content (AvgIpc) is 2.79. The number of alkyl halides is 2. The van der Waals surface area contributed by atoms with Crippen molar-refractivity contribution in [2.24, 2.45) is 0 Å². The summed E-state index contributed by atoms with van der Waals surface area (Å²) in [6.07, 6.45) is 4.81. The highest BCUT2D eigenvalue weighted by atomic mass is 19.3. The van der Waals surface area contributed by atoms with Crippen LogP contribution in [-0.2, 0) is 17.6 Å². The number of anilines is 3. The molecule has 11 heteroatoms. The van der Waals surface area contributed by atoms with Crippen molar-refractivity contribution in [3.63, 3.8) is 0 Å². The number of halogens is 2. The van der Waals surface area contributed by atoms with Gasteiger partial charge in [0.25, 0.3) is 6.43 Å². The molecule has 3 rings (SSSR count). The molecule has 33 heavy (non-hydrogen) atoms. The first-order valence-corrected chi connectivity index (χ1v) is 11.2. The zero-order valence-corrected chi connectivity index (χ0v) is 18.5. The molecular weight excluding hydrogens is 432 g/mol. The molecule has 5 N–H and O–H groups in total. The first-order valence-electron chi connectivity index (χ1n) is 11.2. The number of aromatic nitrogens is 3. The molecule has 1 aliphatic heterocycles. The maximum atomic E-state index is 13.1. The van der Waals surface area contributed by atoms with E-state index in [0.29, 0.717) is 18.7 Å². The lowest BCUT2D eigenvalue weighted by Crippen LogP contribution is -2.37. The van der Waals surface area contributed by atoms with Gasteiger partial charge in [-0.3, -0.25) is 4.90 Å². The Morgan fingerprint density at radius 3 is 2.76 bits per heavy atom. The third kappa shape index (κ3) is 8.08. The number of nitrogens with zero attached hydrogens (tertiary/aromatic N) is 4. The number of nitrogens with one attached hydrogen (secondary N) is 2. The molecule has 0 saturated carbocycles. The fourth-order valence-corrected chi connectivity index (χ4v) is 3.78. The minimum absolute atomic E-state index is 0.129. The van der Waals surface area contributed by atoms with Crippen molar-refractivity contribution < 1.29 is 18.7 Å². The van der Waals surface area contributed by atoms with Gasteiger partial charge in [0.2, 0.25) is 5.95 Å². The Morgan fingerprint density at radius 1 is 1.24 bits per heavy atom. The molecule has 0 bridgehead atoms. The molecule has 1 unspecified atom stereocenters. The normalized spacial score (nSPS) is 14.1. The summed E-state index contributed by atoms with van der Waals surface area (Å²) in [5.74, 6) is -0.0149. The number of carboxylic acids is 1. The Bertz CT molecular complexity index is 899. The molecule has 1 aliphatic rings. The predicted molar refractivity (Wildman–Crippen MR) is 123 cm³/mol. The van der Waals surface area contributed by atoms with Crippen molar-refractivity contribution >= 4 is 23.4 Å². The summed E-state index contributed by atoms with van der Waals surface area (Å²) in [7, 11) is 0. The van der Waals surface area contributed by atoms with Crippen LogP contribution in [0.25, 0.3) is 0 Å². The monoisotopic (exact) mass is 463 g/mol. The standard InChI is InChI=1S/C22H31F2N7O2/c23-19(24)14-31(11-8-18(21(32)33)30-22-27-12-16(25)13-28-22)10-2-1-5-17-7-6-15-4-3-9-26-20(15)29-17/h6-7,12-13,18-19H,1-5,8-11,14,25H2,(H,26,29)(H,32,33)(H,27,28,30). The van der Waals surface area contributed by atoms with Crippen LogP contribution in [0.5, 0.6) is 0 Å². The van der Waals surface area contributed by atoms with E-state index in [1.165, 1.54) is 18.0 Å². The first-order chi connectivity index (χ1) is 15.9. The SMILES string of the molecule is Nc1cnc(NC(CCN(CCCCc2ccc3c(n2)NCCC3)CC(F)F)C(=O)O)nc1. The number of pyridine rings is 1. The molecule has 1 atom stereocenters. The highest BCUT2D eigenvalue weighted by molar-refractivity contribution is 5.76. The number of nitrogens with two attached hydrogens (primary N) is 1. The van der Waals surface area contributed by atoms with Gasteiger partial charge >= 0.3 is 5.97 Å². The fourth-order valence-electron chi connectivity index (χ4n) is 3.78. The number of fused-ring (bicyclic) bond motifs is 1. The molecule has 0 amide bonds. The number of hydrogen-bond donors (Lipinski definition) is 4. The average molecular weight is 464 g/mol. The Labute approximate surface area is 191 Å². The summed E-state index contributed by atoms with van der Waals surface area (Å²) in [5, 5.41) is 15.5. The molecule has 0 fully saturated rings. The van der Waals surface area contributed by atoms with Gasteiger partial charge in [-0.2, -0.15) is 0 Å². The van der Waals surface area contributed by atoms with Crippen LogP contribution in [0.3, 0.4) is 0 Å². The Kier molecular flexibility index (Phi) is 9.11. The van der Waals surface area contributed by atoms with Crippen molar-refractivity contribution in [3.05, 3.63) is 35.8 Å². The highest BCUT2D eigenvalue weighted by Crippen LogP contribution is 2.20. The maximum absolute atomic E-state index is 13.1. The minimum atomic E-state index is -2.49. The van der Waals surface area contributed by atoms with E-state index in [9.17, 15) is 18.7 Å². The quantitative estimate of drug-likeness (QED) is 0.331. The van der Waals surface area contributed by atoms with E-state index in [0.717, 1.165) is 43.7 Å². The van der Waals surface area contributed by atoms with E-state index < -0.39 is 25.0 Å². The summed E-state index contributed by atoms with van der Waals surface area (Å²) in [6.45, 7) is 1.21. The number of hydrogen-bond acceptors (Lipinski definition) is 8. The van der Waals surface area contributed by atoms with Crippen molar-refractivity contribution in [2.45, 2.75) is 51.0 Å². The molecule has 180 valence electrons. The van der Waals surface area contributed by atoms with Crippen LogP contribution in [-0.4, -0.2) is 69.6 Å². The first kappa shape index (κ1) is 24.6. The lowest BCUT2D eigenvalue weighted by Gasteiger charge is -2.24. The van der Waals surface area contributed by atoms with E-state index in [4.69, 9.17) is 5.73 Å². The number of rotatable bonds is 13. The number of aliphatic carboxylic acids is 1. The Hall–Kier alpha value is -3.08. The largest absolute Gasteiger partial charge is 0.480 e. The molecule has 0 radical (unpaired) electrons. The molecular formula is C22H31F2N7O2. The summed E-state index contributed by atoms with van der Waals surface area (Å²) in [4.78, 5) is 25.7. The van der Waals surface area contributed by atoms with Crippen molar-refractivity contribution in [2.75, 3.05) is 42.5 Å². The van der Waals surface area contributed by atoms with Crippen molar-refractivity contribution in [1.82, 2.24) is 19.9 Å². The van der Waals surface area contributed by atoms with Gasteiger partial charge in [-0.1, -0.05) is 6.07 Å². The van der Waals surface area contributed by atoms with Gasteiger partial charge in [0.1, 0.15) is 11.9 Å². The molecule has 0 spiro atoms. The van der Waals surface area contributed by atoms with E-state index in [-0.39, 0.29) is 18.9 Å². The second-order valence-corrected chi connectivity index (χ2v) is 8.15. The summed E-state index contributed by atoms with van der Waals surface area (Å²) < 4.78 is 26.1. The number of carboxylic acid groups (broad SMARTS) is 1. The number of unbranched alkanes of at least 4 members (excludes halogenated alkanes) is 1. The zero-order chi connectivity index (χ0) is 23.6. The Morgan fingerprint density at radius 2 is 2.03 bits per heavy atom. The molecule has 2 aromatic heterocycles. The molecule has 0 aromatic carbocycles. The summed E-state index contributed by atoms with van der Waals surface area (Å²) in [5.41, 5.74) is 8.12. The van der Waals surface area contributed by atoms with E-state index >= 15 is 0 Å². The lowest BCUT2D eigenvalue weighted by atomic mass is 10.1. The Balaban J connectivity index is 1.47. The number of nitrogen functional groups attached to an aromatic ring is 1. The highest BCUT2D eigenvalue weighted by Gasteiger charge is 2.21. The van der Waals surface area contributed by atoms with Gasteiger partial charge in [-0.05, 0) is 56.7 Å². The van der Waals surface area contributed by atoms with E-state index in [1.54, 1.807) is 4.90 Å². The second-order valence-electron chi connectivity index (χ2n) is 8.15. The molecule has 2 aromatic rings. The van der Waals surface area contributed by atoms with E-state index in [1.807, 2.05) is 6.07 Å². The minimum Gasteiger partial charge on any atom is -0.480 e. The molecule has 9 nitrogen and oxygen atoms in total. The van der Waals surface area contributed by atoms with Gasteiger partial charge in [0, 0.05) is 18.8 Å². The van der Waals surface area contributed by atoms with Gasteiger partial charge in [0.05, 0.1) is 24.6 Å². The molecule has 0 aliphatic carbocycles. The van der Waals surface area contributed by atoms with Crippen LogP contribution in [0.15, 0.2) is 24.5 Å².